The number of aliphatic carboxylic acids is 1. The number of amides is 1. The second-order valence-electron chi connectivity index (χ2n) is 4.55. The Kier molecular flexibility index (Phi) is 3.43. The van der Waals surface area contributed by atoms with Gasteiger partial charge in [-0.15, -0.1) is 0 Å². The van der Waals surface area contributed by atoms with Crippen LogP contribution in [0.3, 0.4) is 0 Å². The fourth-order valence-corrected chi connectivity index (χ4v) is 2.08. The fraction of sp³-hybridized carbons (Fsp3) is 0.818. The molecule has 0 aromatic carbocycles. The van der Waals surface area contributed by atoms with Gasteiger partial charge in [-0.2, -0.15) is 0 Å². The zero-order chi connectivity index (χ0) is 11.5. The van der Waals surface area contributed by atoms with Crippen LogP contribution >= 0.6 is 0 Å². The van der Waals surface area contributed by atoms with E-state index in [-0.39, 0.29) is 24.5 Å². The predicted octanol–water partition coefficient (Wildman–Crippen LogP) is 0.535. The van der Waals surface area contributed by atoms with Gasteiger partial charge in [0.05, 0.1) is 6.42 Å². The topological polar surface area (TPSA) is 75.6 Å². The molecule has 1 heterocycles. The van der Waals surface area contributed by atoms with E-state index in [1.807, 2.05) is 0 Å². The van der Waals surface area contributed by atoms with Crippen LogP contribution in [-0.2, 0) is 14.3 Å². The number of rotatable bonds is 5. The highest BCUT2D eigenvalue weighted by Crippen LogP contribution is 2.34. The average molecular weight is 227 g/mol. The Balaban J connectivity index is 1.84. The highest BCUT2D eigenvalue weighted by atomic mass is 16.5. The summed E-state index contributed by atoms with van der Waals surface area (Å²) >= 11 is 0. The number of carboxylic acids is 1. The van der Waals surface area contributed by atoms with Crippen molar-refractivity contribution < 1.29 is 19.4 Å². The van der Waals surface area contributed by atoms with Crippen molar-refractivity contribution in [3.05, 3.63) is 0 Å². The van der Waals surface area contributed by atoms with Gasteiger partial charge in [0.25, 0.3) is 0 Å². The second-order valence-corrected chi connectivity index (χ2v) is 4.55. The van der Waals surface area contributed by atoms with Crippen LogP contribution in [0.15, 0.2) is 0 Å². The van der Waals surface area contributed by atoms with Crippen LogP contribution in [0, 0.1) is 5.92 Å². The quantitative estimate of drug-likeness (QED) is 0.718. The van der Waals surface area contributed by atoms with Crippen molar-refractivity contribution >= 4 is 11.9 Å². The lowest BCUT2D eigenvalue weighted by atomic mass is 10.1. The molecule has 0 radical (unpaired) electrons. The van der Waals surface area contributed by atoms with E-state index in [1.54, 1.807) is 0 Å². The lowest BCUT2D eigenvalue weighted by Gasteiger charge is -2.18. The minimum absolute atomic E-state index is 0.0170. The number of carbonyl (C=O) groups is 2. The number of carbonyl (C=O) groups excluding carboxylic acids is 1. The minimum Gasteiger partial charge on any atom is -0.481 e. The summed E-state index contributed by atoms with van der Waals surface area (Å²) in [5.41, 5.74) is 0. The summed E-state index contributed by atoms with van der Waals surface area (Å²) in [6, 6.07) is -0.214. The van der Waals surface area contributed by atoms with E-state index in [0.717, 1.165) is 25.7 Å². The highest BCUT2D eigenvalue weighted by Gasteiger charge is 2.35. The monoisotopic (exact) mass is 227 g/mol. The van der Waals surface area contributed by atoms with Crippen LogP contribution in [0.4, 0.5) is 0 Å². The molecule has 0 aromatic rings. The minimum atomic E-state index is -0.857. The van der Waals surface area contributed by atoms with Crippen molar-refractivity contribution in [1.82, 2.24) is 5.32 Å². The molecule has 0 aromatic heterocycles. The van der Waals surface area contributed by atoms with E-state index in [9.17, 15) is 9.59 Å². The third-order valence-electron chi connectivity index (χ3n) is 3.14. The van der Waals surface area contributed by atoms with E-state index >= 15 is 0 Å². The van der Waals surface area contributed by atoms with Crippen molar-refractivity contribution in [2.75, 3.05) is 6.61 Å². The molecule has 5 nitrogen and oxygen atoms in total. The maximum absolute atomic E-state index is 11.7. The number of hydrogen-bond acceptors (Lipinski definition) is 3. The molecule has 0 bridgehead atoms. The summed E-state index contributed by atoms with van der Waals surface area (Å²) in [7, 11) is 0. The van der Waals surface area contributed by atoms with Crippen LogP contribution in [0.5, 0.6) is 0 Å². The van der Waals surface area contributed by atoms with Crippen LogP contribution in [0.2, 0.25) is 0 Å². The molecule has 1 amide bonds. The SMILES string of the molecule is O=C(O)CC(NC(=O)[C@@H]1CCCO1)C1CC1. The first-order valence-electron chi connectivity index (χ1n) is 5.80. The molecule has 2 fully saturated rings. The molecule has 1 aliphatic heterocycles. The van der Waals surface area contributed by atoms with Gasteiger partial charge in [0.1, 0.15) is 6.10 Å². The first-order chi connectivity index (χ1) is 7.66. The Morgan fingerprint density at radius 2 is 2.12 bits per heavy atom. The molecule has 1 saturated carbocycles. The summed E-state index contributed by atoms with van der Waals surface area (Å²) in [4.78, 5) is 22.4. The standard InChI is InChI=1S/C11H17NO4/c13-10(14)6-8(7-3-4-7)12-11(15)9-2-1-5-16-9/h7-9H,1-6H2,(H,12,15)(H,13,14)/t8?,9-/m0/s1. The zero-order valence-corrected chi connectivity index (χ0v) is 9.15. The van der Waals surface area contributed by atoms with Crippen molar-refractivity contribution in [2.24, 2.45) is 5.92 Å². The fourth-order valence-electron chi connectivity index (χ4n) is 2.08. The number of nitrogens with one attached hydrogen (secondary N) is 1. The molecule has 2 aliphatic rings. The van der Waals surface area contributed by atoms with E-state index in [1.165, 1.54) is 0 Å². The first-order valence-corrected chi connectivity index (χ1v) is 5.80. The van der Waals surface area contributed by atoms with Gasteiger partial charge in [-0.3, -0.25) is 9.59 Å². The van der Waals surface area contributed by atoms with Gasteiger partial charge >= 0.3 is 5.97 Å². The molecule has 0 spiro atoms. The molecule has 2 rings (SSSR count). The lowest BCUT2D eigenvalue weighted by molar-refractivity contribution is -0.138. The van der Waals surface area contributed by atoms with Crippen molar-refractivity contribution in [2.45, 2.75) is 44.2 Å². The van der Waals surface area contributed by atoms with Gasteiger partial charge in [0.2, 0.25) is 5.91 Å². The maximum Gasteiger partial charge on any atom is 0.305 e. The van der Waals surface area contributed by atoms with E-state index in [4.69, 9.17) is 9.84 Å². The summed E-state index contributed by atoms with van der Waals surface area (Å²) in [6.07, 6.45) is 3.34. The smallest absolute Gasteiger partial charge is 0.305 e. The van der Waals surface area contributed by atoms with Crippen molar-refractivity contribution in [3.63, 3.8) is 0 Å². The van der Waals surface area contributed by atoms with Crippen LogP contribution in [-0.4, -0.2) is 35.7 Å². The Bertz CT molecular complexity index is 282. The molecule has 1 saturated heterocycles. The van der Waals surface area contributed by atoms with Gasteiger partial charge in [-0.25, -0.2) is 0 Å². The lowest BCUT2D eigenvalue weighted by Crippen LogP contribution is -2.43. The Labute approximate surface area is 94.2 Å². The largest absolute Gasteiger partial charge is 0.481 e. The Hall–Kier alpha value is -1.10. The van der Waals surface area contributed by atoms with Gasteiger partial charge in [-0.1, -0.05) is 0 Å². The molecule has 2 N–H and O–H groups in total. The summed E-state index contributed by atoms with van der Waals surface area (Å²) in [6.45, 7) is 0.630. The van der Waals surface area contributed by atoms with Crippen molar-refractivity contribution in [1.29, 1.82) is 0 Å². The molecular weight excluding hydrogens is 210 g/mol. The van der Waals surface area contributed by atoms with E-state index < -0.39 is 5.97 Å². The predicted molar refractivity (Wildman–Crippen MR) is 55.9 cm³/mol. The molecule has 5 heteroatoms. The van der Waals surface area contributed by atoms with E-state index in [0.29, 0.717) is 12.5 Å². The molecule has 1 aliphatic carbocycles. The van der Waals surface area contributed by atoms with Gasteiger partial charge in [0.15, 0.2) is 0 Å². The number of carboxylic acid groups (broad SMARTS) is 1. The molecule has 2 atom stereocenters. The highest BCUT2D eigenvalue weighted by molar-refractivity contribution is 5.82. The van der Waals surface area contributed by atoms with Crippen LogP contribution in [0.1, 0.15) is 32.1 Å². The normalized spacial score (nSPS) is 26.4. The summed E-state index contributed by atoms with van der Waals surface area (Å²) in [5, 5.41) is 11.6. The van der Waals surface area contributed by atoms with E-state index in [2.05, 4.69) is 5.32 Å². The van der Waals surface area contributed by atoms with Gasteiger partial charge in [0, 0.05) is 12.6 Å². The first kappa shape index (κ1) is 11.4. The molecule has 1 unspecified atom stereocenters. The number of ether oxygens (including phenoxy) is 1. The molecule has 16 heavy (non-hydrogen) atoms. The van der Waals surface area contributed by atoms with Gasteiger partial charge < -0.3 is 15.2 Å². The third-order valence-corrected chi connectivity index (χ3v) is 3.14. The Morgan fingerprint density at radius 3 is 2.62 bits per heavy atom. The van der Waals surface area contributed by atoms with Crippen LogP contribution in [0.25, 0.3) is 0 Å². The van der Waals surface area contributed by atoms with Crippen LogP contribution < -0.4 is 5.32 Å². The summed E-state index contributed by atoms with van der Waals surface area (Å²) < 4.78 is 5.26. The zero-order valence-electron chi connectivity index (χ0n) is 9.15. The average Bonchev–Trinajstić information content (AvgIpc) is 2.91. The maximum atomic E-state index is 11.7. The molecular formula is C11H17NO4. The summed E-state index contributed by atoms with van der Waals surface area (Å²) in [5.74, 6) is -0.651. The van der Waals surface area contributed by atoms with Gasteiger partial charge in [-0.05, 0) is 31.6 Å². The molecule has 90 valence electrons. The van der Waals surface area contributed by atoms with Crippen molar-refractivity contribution in [3.8, 4) is 0 Å². The second kappa shape index (κ2) is 4.82. The third kappa shape index (κ3) is 2.95. The number of hydrogen-bond donors (Lipinski definition) is 2. The Morgan fingerprint density at radius 1 is 1.38 bits per heavy atom.